The van der Waals surface area contributed by atoms with Crippen molar-refractivity contribution in [3.63, 3.8) is 0 Å². The molecule has 1 N–H and O–H groups in total. The maximum atomic E-state index is 11.9. The van der Waals surface area contributed by atoms with Crippen LogP contribution >= 0.6 is 0 Å². The Balaban J connectivity index is 1.92. The fraction of sp³-hybridized carbons (Fsp3) is 0.200. The number of carboxylic acid groups (broad SMARTS) is 1. The van der Waals surface area contributed by atoms with Crippen molar-refractivity contribution in [2.45, 2.75) is 25.8 Å². The zero-order chi connectivity index (χ0) is 16.7. The number of carbonyl (C=O) groups is 2. The first-order chi connectivity index (χ1) is 11.6. The van der Waals surface area contributed by atoms with Crippen LogP contribution in [0.1, 0.15) is 33.6 Å². The lowest BCUT2D eigenvalue weighted by atomic mass is 9.94. The average Bonchev–Trinajstić information content (AvgIpc) is 2.88. The minimum atomic E-state index is -0.941. The number of carboxylic acids is 1. The topological polar surface area (TPSA) is 59.3 Å². The molecule has 0 aliphatic heterocycles. The molecule has 0 amide bonds. The SMILES string of the molecule is O=C1CCc2c(c3cc(C(=O)O)ccc3n2Cc2ccccc2)C1. The lowest BCUT2D eigenvalue weighted by Crippen LogP contribution is -2.15. The fourth-order valence-electron chi connectivity index (χ4n) is 3.58. The number of hydrogen-bond donors (Lipinski definition) is 1. The summed E-state index contributed by atoms with van der Waals surface area (Å²) >= 11 is 0. The number of ketones is 1. The highest BCUT2D eigenvalue weighted by Crippen LogP contribution is 2.32. The molecule has 4 rings (SSSR count). The molecule has 0 bridgehead atoms. The third-order valence-corrected chi connectivity index (χ3v) is 4.73. The van der Waals surface area contributed by atoms with Crippen molar-refractivity contribution < 1.29 is 14.7 Å². The number of rotatable bonds is 3. The maximum Gasteiger partial charge on any atom is 0.335 e. The second-order valence-corrected chi connectivity index (χ2v) is 6.25. The standard InChI is InChI=1S/C20H17NO3/c22-15-7-9-19-17(11-15)16-10-14(20(23)24)6-8-18(16)21(19)12-13-4-2-1-3-5-13/h1-6,8,10H,7,9,11-12H2,(H,23,24). The van der Waals surface area contributed by atoms with Crippen LogP contribution in [0, 0.1) is 0 Å². The van der Waals surface area contributed by atoms with Gasteiger partial charge in [-0.3, -0.25) is 4.79 Å². The third kappa shape index (κ3) is 2.40. The second kappa shape index (κ2) is 5.64. The number of Topliss-reactive ketones (excluding diaryl/α,β-unsaturated/α-hetero) is 1. The predicted molar refractivity (Wildman–Crippen MR) is 91.5 cm³/mol. The molecule has 0 saturated heterocycles. The smallest absolute Gasteiger partial charge is 0.335 e. The third-order valence-electron chi connectivity index (χ3n) is 4.73. The van der Waals surface area contributed by atoms with E-state index < -0.39 is 5.97 Å². The van der Waals surface area contributed by atoms with Gasteiger partial charge in [-0.15, -0.1) is 0 Å². The van der Waals surface area contributed by atoms with Crippen LogP contribution in [0.2, 0.25) is 0 Å². The molecule has 4 heteroatoms. The molecule has 120 valence electrons. The van der Waals surface area contributed by atoms with Crippen molar-refractivity contribution >= 4 is 22.7 Å². The molecule has 0 unspecified atom stereocenters. The van der Waals surface area contributed by atoms with Crippen LogP contribution in [0.3, 0.4) is 0 Å². The van der Waals surface area contributed by atoms with Gasteiger partial charge >= 0.3 is 5.97 Å². The van der Waals surface area contributed by atoms with Crippen molar-refractivity contribution in [3.8, 4) is 0 Å². The molecule has 4 nitrogen and oxygen atoms in total. The molecule has 3 aromatic rings. The van der Waals surface area contributed by atoms with Gasteiger partial charge in [-0.25, -0.2) is 4.79 Å². The van der Waals surface area contributed by atoms with Gasteiger partial charge in [0.1, 0.15) is 5.78 Å². The molecule has 24 heavy (non-hydrogen) atoms. The molecule has 0 atom stereocenters. The van der Waals surface area contributed by atoms with Crippen LogP contribution in [0.25, 0.3) is 10.9 Å². The molecule has 0 saturated carbocycles. The van der Waals surface area contributed by atoms with Gasteiger partial charge in [0.25, 0.3) is 0 Å². The number of benzene rings is 2. The zero-order valence-electron chi connectivity index (χ0n) is 13.2. The van der Waals surface area contributed by atoms with Gasteiger partial charge in [-0.1, -0.05) is 30.3 Å². The van der Waals surface area contributed by atoms with E-state index in [0.717, 1.165) is 35.1 Å². The van der Waals surface area contributed by atoms with E-state index in [1.165, 1.54) is 5.56 Å². The van der Waals surface area contributed by atoms with E-state index in [4.69, 9.17) is 0 Å². The first-order valence-electron chi connectivity index (χ1n) is 8.06. The normalized spacial score (nSPS) is 13.9. The number of carbonyl (C=O) groups excluding carboxylic acids is 1. The fourth-order valence-corrected chi connectivity index (χ4v) is 3.58. The first-order valence-corrected chi connectivity index (χ1v) is 8.06. The van der Waals surface area contributed by atoms with Gasteiger partial charge in [-0.05, 0) is 35.7 Å². The Hall–Kier alpha value is -2.88. The molecule has 2 aromatic carbocycles. The number of hydrogen-bond acceptors (Lipinski definition) is 2. The van der Waals surface area contributed by atoms with E-state index in [2.05, 4.69) is 16.7 Å². The number of aromatic nitrogens is 1. The van der Waals surface area contributed by atoms with Crippen LogP contribution < -0.4 is 0 Å². The summed E-state index contributed by atoms with van der Waals surface area (Å²) in [6, 6.07) is 15.4. The molecule has 1 aliphatic rings. The monoisotopic (exact) mass is 319 g/mol. The Labute approximate surface area is 139 Å². The molecular weight excluding hydrogens is 302 g/mol. The van der Waals surface area contributed by atoms with Crippen LogP contribution in [-0.2, 0) is 24.2 Å². The highest BCUT2D eigenvalue weighted by Gasteiger charge is 2.24. The summed E-state index contributed by atoms with van der Waals surface area (Å²) in [7, 11) is 0. The van der Waals surface area contributed by atoms with Crippen LogP contribution in [0.15, 0.2) is 48.5 Å². The van der Waals surface area contributed by atoms with Gasteiger partial charge in [0.15, 0.2) is 0 Å². The molecule has 1 aliphatic carbocycles. The Bertz CT molecular complexity index is 954. The number of fused-ring (bicyclic) bond motifs is 3. The lowest BCUT2D eigenvalue weighted by molar-refractivity contribution is -0.118. The van der Waals surface area contributed by atoms with Crippen molar-refractivity contribution in [2.75, 3.05) is 0 Å². The molecule has 0 spiro atoms. The quantitative estimate of drug-likeness (QED) is 0.804. The molecule has 1 heterocycles. The Morgan fingerprint density at radius 1 is 1.08 bits per heavy atom. The summed E-state index contributed by atoms with van der Waals surface area (Å²) in [5.74, 6) is -0.717. The van der Waals surface area contributed by atoms with Crippen LogP contribution in [0.5, 0.6) is 0 Å². The Morgan fingerprint density at radius 3 is 2.62 bits per heavy atom. The summed E-state index contributed by atoms with van der Waals surface area (Å²) in [5.41, 5.74) is 4.62. The zero-order valence-corrected chi connectivity index (χ0v) is 13.2. The van der Waals surface area contributed by atoms with Crippen molar-refractivity contribution in [3.05, 3.63) is 70.9 Å². The number of nitrogens with zero attached hydrogens (tertiary/aromatic N) is 1. The molecule has 0 radical (unpaired) electrons. The average molecular weight is 319 g/mol. The van der Waals surface area contributed by atoms with Crippen molar-refractivity contribution in [2.24, 2.45) is 0 Å². The predicted octanol–water partition coefficient (Wildman–Crippen LogP) is 3.45. The number of aromatic carboxylic acids is 1. The summed E-state index contributed by atoms with van der Waals surface area (Å²) in [4.78, 5) is 23.2. The van der Waals surface area contributed by atoms with E-state index in [1.807, 2.05) is 24.3 Å². The minimum Gasteiger partial charge on any atom is -0.478 e. The van der Waals surface area contributed by atoms with E-state index in [9.17, 15) is 14.7 Å². The molecule has 1 aromatic heterocycles. The summed E-state index contributed by atoms with van der Waals surface area (Å²) in [5, 5.41) is 10.2. The summed E-state index contributed by atoms with van der Waals surface area (Å²) in [6.45, 7) is 0.729. The van der Waals surface area contributed by atoms with Gasteiger partial charge in [0.05, 0.1) is 5.56 Å². The molecule has 0 fully saturated rings. The summed E-state index contributed by atoms with van der Waals surface area (Å²) < 4.78 is 2.23. The second-order valence-electron chi connectivity index (χ2n) is 6.25. The largest absolute Gasteiger partial charge is 0.478 e. The highest BCUT2D eigenvalue weighted by atomic mass is 16.4. The van der Waals surface area contributed by atoms with Gasteiger partial charge in [-0.2, -0.15) is 0 Å². The van der Waals surface area contributed by atoms with Gasteiger partial charge < -0.3 is 9.67 Å². The Kier molecular flexibility index (Phi) is 3.45. The van der Waals surface area contributed by atoms with Gasteiger partial charge in [0.2, 0.25) is 0 Å². The van der Waals surface area contributed by atoms with Gasteiger partial charge in [0, 0.05) is 36.0 Å². The van der Waals surface area contributed by atoms with Crippen molar-refractivity contribution in [1.29, 1.82) is 0 Å². The first kappa shape index (κ1) is 14.7. The highest BCUT2D eigenvalue weighted by molar-refractivity contribution is 5.98. The van der Waals surface area contributed by atoms with E-state index in [-0.39, 0.29) is 11.3 Å². The summed E-state index contributed by atoms with van der Waals surface area (Å²) in [6.07, 6.45) is 1.68. The van der Waals surface area contributed by atoms with Crippen LogP contribution in [0.4, 0.5) is 0 Å². The maximum absolute atomic E-state index is 11.9. The Morgan fingerprint density at radius 2 is 1.88 bits per heavy atom. The van der Waals surface area contributed by atoms with E-state index >= 15 is 0 Å². The molecular formula is C20H17NO3. The van der Waals surface area contributed by atoms with E-state index in [1.54, 1.807) is 12.1 Å². The minimum absolute atomic E-state index is 0.224. The van der Waals surface area contributed by atoms with Crippen molar-refractivity contribution in [1.82, 2.24) is 4.57 Å². The lowest BCUT2D eigenvalue weighted by Gasteiger charge is -2.15. The van der Waals surface area contributed by atoms with E-state index in [0.29, 0.717) is 12.8 Å². The van der Waals surface area contributed by atoms with Crippen LogP contribution in [-0.4, -0.2) is 21.4 Å².